The Balaban J connectivity index is 1.34. The summed E-state index contributed by atoms with van der Waals surface area (Å²) in [7, 11) is 0. The van der Waals surface area contributed by atoms with Gasteiger partial charge in [-0.15, -0.1) is 26.6 Å². The summed E-state index contributed by atoms with van der Waals surface area (Å²) in [5.41, 5.74) is 1.83. The van der Waals surface area contributed by atoms with E-state index in [0.29, 0.717) is 11.5 Å². The molecule has 0 aliphatic heterocycles. The van der Waals surface area contributed by atoms with Crippen molar-refractivity contribution in [3.05, 3.63) is 34.0 Å². The number of fused-ring (bicyclic) bond motifs is 2. The van der Waals surface area contributed by atoms with Crippen LogP contribution in [0.1, 0.15) is 41.4 Å². The van der Waals surface area contributed by atoms with Crippen LogP contribution in [0.3, 0.4) is 0 Å². The number of hydrogen-bond donors (Lipinski definition) is 1. The van der Waals surface area contributed by atoms with Gasteiger partial charge in [-0.25, -0.2) is 4.98 Å². The minimum atomic E-state index is -0.202. The molecule has 25 heavy (non-hydrogen) atoms. The number of nitrogens with zero attached hydrogens (tertiary/aromatic N) is 5. The van der Waals surface area contributed by atoms with Crippen LogP contribution in [0.5, 0.6) is 5.88 Å². The van der Waals surface area contributed by atoms with Crippen LogP contribution in [0.4, 0.5) is 0 Å². The van der Waals surface area contributed by atoms with E-state index in [4.69, 9.17) is 4.74 Å². The zero-order valence-electron chi connectivity index (χ0n) is 13.8. The van der Waals surface area contributed by atoms with E-state index in [-0.39, 0.29) is 18.6 Å². The zero-order valence-corrected chi connectivity index (χ0v) is 14.6. The molecule has 0 fully saturated rings. The molecule has 0 aromatic carbocycles. The Labute approximate surface area is 148 Å². The maximum atomic E-state index is 12.1. The van der Waals surface area contributed by atoms with Crippen molar-refractivity contribution in [2.24, 2.45) is 0 Å². The standard InChI is InChI=1S/C16H18N6O2S/c1-10(16-19-11-4-2-3-5-12(11)25-16)18-14(23)8-24-15-7-6-13-20-17-9-22(13)21-15/h6-7,9-10H,2-5,8H2,1H3,(H,18,23). The molecule has 1 aliphatic carbocycles. The molecule has 9 heteroatoms. The third-order valence-electron chi connectivity index (χ3n) is 4.10. The van der Waals surface area contributed by atoms with Gasteiger partial charge in [0.25, 0.3) is 5.91 Å². The summed E-state index contributed by atoms with van der Waals surface area (Å²) < 4.78 is 6.94. The fraction of sp³-hybridized carbons (Fsp3) is 0.438. The Morgan fingerprint density at radius 1 is 1.40 bits per heavy atom. The maximum absolute atomic E-state index is 12.1. The molecule has 130 valence electrons. The number of carbonyl (C=O) groups excluding carboxylic acids is 1. The van der Waals surface area contributed by atoms with Gasteiger partial charge in [0, 0.05) is 10.9 Å². The Bertz CT molecular complexity index is 882. The van der Waals surface area contributed by atoms with Gasteiger partial charge in [-0.05, 0) is 38.7 Å². The fourth-order valence-corrected chi connectivity index (χ4v) is 3.99. The van der Waals surface area contributed by atoms with Gasteiger partial charge in [0.05, 0.1) is 11.7 Å². The molecule has 0 radical (unpaired) electrons. The highest BCUT2D eigenvalue weighted by Gasteiger charge is 2.19. The van der Waals surface area contributed by atoms with Crippen molar-refractivity contribution in [3.8, 4) is 5.88 Å². The van der Waals surface area contributed by atoms with Crippen LogP contribution in [-0.2, 0) is 17.6 Å². The first kappa shape index (κ1) is 15.9. The molecule has 4 rings (SSSR count). The number of aryl methyl sites for hydroxylation is 2. The quantitative estimate of drug-likeness (QED) is 0.746. The highest BCUT2D eigenvalue weighted by Crippen LogP contribution is 2.29. The molecule has 1 amide bonds. The molecule has 8 nitrogen and oxygen atoms in total. The molecule has 1 aliphatic rings. The molecule has 0 bridgehead atoms. The van der Waals surface area contributed by atoms with Crippen molar-refractivity contribution in [3.63, 3.8) is 0 Å². The van der Waals surface area contributed by atoms with Gasteiger partial charge >= 0.3 is 0 Å². The van der Waals surface area contributed by atoms with Gasteiger partial charge in [-0.3, -0.25) is 4.79 Å². The summed E-state index contributed by atoms with van der Waals surface area (Å²) in [4.78, 5) is 18.2. The van der Waals surface area contributed by atoms with Gasteiger partial charge in [0.15, 0.2) is 12.3 Å². The van der Waals surface area contributed by atoms with Gasteiger partial charge in [0.1, 0.15) is 11.3 Å². The number of thiazole rings is 1. The molecule has 3 aromatic heterocycles. The molecule has 1 atom stereocenters. The number of carbonyl (C=O) groups is 1. The van der Waals surface area contributed by atoms with Gasteiger partial charge in [-0.2, -0.15) is 4.52 Å². The average molecular weight is 358 g/mol. The van der Waals surface area contributed by atoms with Gasteiger partial charge < -0.3 is 10.1 Å². The Hall–Kier alpha value is -2.55. The smallest absolute Gasteiger partial charge is 0.258 e. The van der Waals surface area contributed by atoms with Crippen molar-refractivity contribution in [2.45, 2.75) is 38.6 Å². The molecule has 3 heterocycles. The van der Waals surface area contributed by atoms with E-state index in [1.54, 1.807) is 23.5 Å². The number of nitrogens with one attached hydrogen (secondary N) is 1. The van der Waals surface area contributed by atoms with E-state index in [1.807, 2.05) is 6.92 Å². The minimum absolute atomic E-state index is 0.101. The van der Waals surface area contributed by atoms with Crippen molar-refractivity contribution >= 4 is 22.9 Å². The van der Waals surface area contributed by atoms with Crippen molar-refractivity contribution in [1.29, 1.82) is 0 Å². The van der Waals surface area contributed by atoms with Crippen LogP contribution in [0.2, 0.25) is 0 Å². The number of ether oxygens (including phenoxy) is 1. The predicted octanol–water partition coefficient (Wildman–Crippen LogP) is 1.72. The fourth-order valence-electron chi connectivity index (χ4n) is 2.83. The third-order valence-corrected chi connectivity index (χ3v) is 5.44. The highest BCUT2D eigenvalue weighted by molar-refractivity contribution is 7.11. The van der Waals surface area contributed by atoms with E-state index in [1.165, 1.54) is 34.3 Å². The molecule has 1 unspecified atom stereocenters. The lowest BCUT2D eigenvalue weighted by atomic mass is 10.0. The Morgan fingerprint density at radius 2 is 2.28 bits per heavy atom. The Kier molecular flexibility index (Phi) is 4.31. The van der Waals surface area contributed by atoms with Crippen LogP contribution >= 0.6 is 11.3 Å². The molecule has 0 saturated carbocycles. The maximum Gasteiger partial charge on any atom is 0.258 e. The summed E-state index contributed by atoms with van der Waals surface area (Å²) in [5, 5.41) is 15.7. The van der Waals surface area contributed by atoms with E-state index < -0.39 is 0 Å². The summed E-state index contributed by atoms with van der Waals surface area (Å²) in [5.74, 6) is 0.145. The molecule has 1 N–H and O–H groups in total. The molecular weight excluding hydrogens is 340 g/mol. The van der Waals surface area contributed by atoms with E-state index in [2.05, 4.69) is 25.6 Å². The summed E-state index contributed by atoms with van der Waals surface area (Å²) in [6.07, 6.45) is 6.07. The van der Waals surface area contributed by atoms with Gasteiger partial charge in [0.2, 0.25) is 5.88 Å². The molecular formula is C16H18N6O2S. The summed E-state index contributed by atoms with van der Waals surface area (Å²) in [6.45, 7) is 1.85. The molecule has 0 spiro atoms. The second-order valence-electron chi connectivity index (χ2n) is 6.01. The first-order valence-electron chi connectivity index (χ1n) is 8.27. The summed E-state index contributed by atoms with van der Waals surface area (Å²) >= 11 is 1.71. The lowest BCUT2D eigenvalue weighted by Gasteiger charge is -2.11. The zero-order chi connectivity index (χ0) is 17.2. The van der Waals surface area contributed by atoms with Gasteiger partial charge in [-0.1, -0.05) is 0 Å². The van der Waals surface area contributed by atoms with Crippen molar-refractivity contribution in [1.82, 2.24) is 30.1 Å². The van der Waals surface area contributed by atoms with Crippen LogP contribution in [0, 0.1) is 0 Å². The van der Waals surface area contributed by atoms with E-state index >= 15 is 0 Å². The van der Waals surface area contributed by atoms with Crippen LogP contribution in [0.15, 0.2) is 18.5 Å². The van der Waals surface area contributed by atoms with Crippen molar-refractivity contribution in [2.75, 3.05) is 6.61 Å². The number of amides is 1. The van der Waals surface area contributed by atoms with Crippen LogP contribution < -0.4 is 10.1 Å². The molecule has 0 saturated heterocycles. The van der Waals surface area contributed by atoms with E-state index in [9.17, 15) is 4.79 Å². The largest absolute Gasteiger partial charge is 0.467 e. The van der Waals surface area contributed by atoms with E-state index in [0.717, 1.165) is 17.8 Å². The highest BCUT2D eigenvalue weighted by atomic mass is 32.1. The topological polar surface area (TPSA) is 94.3 Å². The molecule has 3 aromatic rings. The number of hydrogen-bond acceptors (Lipinski definition) is 7. The normalized spacial score (nSPS) is 14.9. The van der Waals surface area contributed by atoms with Crippen molar-refractivity contribution < 1.29 is 9.53 Å². The second kappa shape index (κ2) is 6.75. The first-order valence-corrected chi connectivity index (χ1v) is 9.08. The lowest BCUT2D eigenvalue weighted by molar-refractivity contribution is -0.123. The second-order valence-corrected chi connectivity index (χ2v) is 7.13. The minimum Gasteiger partial charge on any atom is -0.467 e. The number of aromatic nitrogens is 5. The SMILES string of the molecule is CC(NC(=O)COc1ccc2nncn2n1)c1nc2c(s1)CCCC2. The lowest BCUT2D eigenvalue weighted by Crippen LogP contribution is -2.31. The number of rotatable bonds is 5. The Morgan fingerprint density at radius 3 is 3.16 bits per heavy atom. The summed E-state index contributed by atoms with van der Waals surface area (Å²) in [6, 6.07) is 3.27. The van der Waals surface area contributed by atoms with Crippen LogP contribution in [-0.4, -0.2) is 37.3 Å². The third kappa shape index (κ3) is 3.46. The van der Waals surface area contributed by atoms with Crippen LogP contribution in [0.25, 0.3) is 5.65 Å². The monoisotopic (exact) mass is 358 g/mol. The predicted molar refractivity (Wildman–Crippen MR) is 91.6 cm³/mol. The first-order chi connectivity index (χ1) is 12.2. The average Bonchev–Trinajstić information content (AvgIpc) is 3.25.